The number of rotatable bonds is 11. The Balaban J connectivity index is 1.50. The smallest absolute Gasteiger partial charge is 0.254 e. The minimum Gasteiger partial charge on any atom is -0.497 e. The first-order valence-electron chi connectivity index (χ1n) is 14.4. The van der Waals surface area contributed by atoms with Crippen LogP contribution in [-0.4, -0.2) is 54.9 Å². The average molecular weight is 575 g/mol. The summed E-state index contributed by atoms with van der Waals surface area (Å²) in [6.45, 7) is 3.15. The van der Waals surface area contributed by atoms with Crippen molar-refractivity contribution >= 4 is 23.4 Å². The fourth-order valence-electron chi connectivity index (χ4n) is 5.16. The van der Waals surface area contributed by atoms with E-state index in [1.165, 1.54) is 31.4 Å². The van der Waals surface area contributed by atoms with Crippen molar-refractivity contribution in [1.82, 2.24) is 10.2 Å². The molecule has 222 valence electrons. The number of ether oxygens (including phenoxy) is 1. The molecule has 0 radical (unpaired) electrons. The van der Waals surface area contributed by atoms with E-state index in [1.54, 1.807) is 25.1 Å². The van der Waals surface area contributed by atoms with Crippen molar-refractivity contribution in [1.29, 1.82) is 0 Å². The molecule has 4 rings (SSSR count). The maximum absolute atomic E-state index is 13.6. The average Bonchev–Trinajstić information content (AvgIpc) is 3.02. The number of benzene rings is 3. The maximum atomic E-state index is 13.6. The third kappa shape index (κ3) is 8.39. The van der Waals surface area contributed by atoms with Gasteiger partial charge in [-0.15, -0.1) is 0 Å². The van der Waals surface area contributed by atoms with Crippen LogP contribution in [0.5, 0.6) is 5.75 Å². The number of nitrogens with zero attached hydrogens (tertiary/aromatic N) is 1. The topological polar surface area (TPSA) is 114 Å². The maximum Gasteiger partial charge on any atom is 0.254 e. The molecule has 1 fully saturated rings. The first-order valence-corrected chi connectivity index (χ1v) is 14.4. The molecule has 1 saturated heterocycles. The number of hydrogen-bond acceptors (Lipinski definition) is 5. The lowest BCUT2D eigenvalue weighted by Gasteiger charge is -2.28. The van der Waals surface area contributed by atoms with Crippen LogP contribution in [0.1, 0.15) is 58.9 Å². The summed E-state index contributed by atoms with van der Waals surface area (Å²) in [6, 6.07) is 19.0. The molecule has 9 heteroatoms. The van der Waals surface area contributed by atoms with Crippen LogP contribution < -0.4 is 21.1 Å². The molecular weight excluding hydrogens is 535 g/mol. The molecule has 3 amide bonds. The van der Waals surface area contributed by atoms with E-state index in [1.807, 2.05) is 35.2 Å². The Labute approximate surface area is 246 Å². The van der Waals surface area contributed by atoms with E-state index in [4.69, 9.17) is 10.5 Å². The van der Waals surface area contributed by atoms with Crippen molar-refractivity contribution in [2.45, 2.75) is 51.1 Å². The zero-order chi connectivity index (χ0) is 30.1. The van der Waals surface area contributed by atoms with Crippen molar-refractivity contribution in [3.05, 3.63) is 95.3 Å². The Kier molecular flexibility index (Phi) is 10.7. The molecule has 0 aliphatic carbocycles. The van der Waals surface area contributed by atoms with Crippen LogP contribution in [-0.2, 0) is 11.2 Å². The monoisotopic (exact) mass is 574 g/mol. The Morgan fingerprint density at radius 1 is 0.952 bits per heavy atom. The van der Waals surface area contributed by atoms with Gasteiger partial charge < -0.3 is 26.0 Å². The van der Waals surface area contributed by atoms with Gasteiger partial charge in [0, 0.05) is 47.9 Å². The summed E-state index contributed by atoms with van der Waals surface area (Å²) < 4.78 is 18.7. The second kappa shape index (κ2) is 14.6. The molecule has 0 bridgehead atoms. The van der Waals surface area contributed by atoms with E-state index < -0.39 is 18.0 Å². The number of hydrogen-bond donors (Lipinski definition) is 3. The second-order valence-electron chi connectivity index (χ2n) is 10.9. The number of amides is 3. The van der Waals surface area contributed by atoms with Crippen molar-refractivity contribution in [3.63, 3.8) is 0 Å². The Bertz CT molecular complexity index is 1360. The van der Waals surface area contributed by atoms with Crippen molar-refractivity contribution < 1.29 is 23.5 Å². The summed E-state index contributed by atoms with van der Waals surface area (Å²) in [6.07, 6.45) is 3.77. The number of nitrogens with one attached hydrogen (secondary N) is 2. The highest BCUT2D eigenvalue weighted by Gasteiger charge is 2.27. The van der Waals surface area contributed by atoms with Gasteiger partial charge in [0.1, 0.15) is 11.6 Å². The molecule has 0 aromatic heterocycles. The lowest BCUT2D eigenvalue weighted by atomic mass is 9.91. The van der Waals surface area contributed by atoms with E-state index in [0.29, 0.717) is 48.5 Å². The fourth-order valence-corrected chi connectivity index (χ4v) is 5.16. The third-order valence-corrected chi connectivity index (χ3v) is 7.61. The number of carbonyl (C=O) groups excluding carboxylic acids is 3. The molecule has 0 saturated carbocycles. The van der Waals surface area contributed by atoms with Crippen LogP contribution in [0.25, 0.3) is 0 Å². The van der Waals surface area contributed by atoms with Gasteiger partial charge in [-0.3, -0.25) is 14.4 Å². The zero-order valence-electron chi connectivity index (χ0n) is 24.1. The van der Waals surface area contributed by atoms with Gasteiger partial charge in [-0.05, 0) is 80.1 Å². The highest BCUT2D eigenvalue weighted by molar-refractivity contribution is 6.00. The number of anilines is 1. The lowest BCUT2D eigenvalue weighted by Crippen LogP contribution is -2.50. The largest absolute Gasteiger partial charge is 0.497 e. The van der Waals surface area contributed by atoms with Gasteiger partial charge in [-0.2, -0.15) is 0 Å². The molecule has 4 N–H and O–H groups in total. The van der Waals surface area contributed by atoms with Gasteiger partial charge in [0.05, 0.1) is 7.11 Å². The quantitative estimate of drug-likeness (QED) is 0.305. The van der Waals surface area contributed by atoms with E-state index in [2.05, 4.69) is 10.6 Å². The number of likely N-dealkylation sites (tertiary alicyclic amines) is 1. The molecule has 1 aliphatic heterocycles. The van der Waals surface area contributed by atoms with Crippen molar-refractivity contribution in [2.75, 3.05) is 25.5 Å². The summed E-state index contributed by atoms with van der Waals surface area (Å²) in [5.41, 5.74) is 8.81. The summed E-state index contributed by atoms with van der Waals surface area (Å²) in [4.78, 5) is 41.5. The molecule has 1 aliphatic rings. The summed E-state index contributed by atoms with van der Waals surface area (Å²) in [5.74, 6) is -1.22. The number of carbonyl (C=O) groups is 3. The molecule has 0 unspecified atom stereocenters. The minimum absolute atomic E-state index is 0.124. The zero-order valence-corrected chi connectivity index (χ0v) is 24.1. The number of piperidine rings is 1. The van der Waals surface area contributed by atoms with Gasteiger partial charge in [0.15, 0.2) is 0 Å². The van der Waals surface area contributed by atoms with E-state index in [-0.39, 0.29) is 23.5 Å². The van der Waals surface area contributed by atoms with Crippen LogP contribution in [0, 0.1) is 11.7 Å². The highest BCUT2D eigenvalue weighted by Crippen LogP contribution is 2.22. The molecule has 1 heterocycles. The molecule has 3 atom stereocenters. The normalized spacial score (nSPS) is 15.3. The SMILES string of the molecule is COc1cc(C(=O)N[C@@H](Cc2ccccc2)[C@@H](N)C[C@@H](C)C(=O)Nc2ccc(F)cc2)cc(C(=O)N2CCCCC2)c1. The van der Waals surface area contributed by atoms with E-state index in [9.17, 15) is 18.8 Å². The first kappa shape index (κ1) is 30.7. The predicted octanol–water partition coefficient (Wildman–Crippen LogP) is 4.79. The standard InChI is InChI=1S/C33H39FN4O4/c1-22(31(39)36-27-13-11-26(34)12-14-27)17-29(35)30(18-23-9-5-3-6-10-23)37-32(40)24-19-25(21-28(20-24)42-2)33(41)38-15-7-4-8-16-38/h3,5-6,9-14,19-22,29-30H,4,7-8,15-18,35H2,1-2H3,(H,36,39)(H,37,40)/t22-,29+,30+/m1/s1. The minimum atomic E-state index is -0.566. The Morgan fingerprint density at radius 3 is 2.29 bits per heavy atom. The van der Waals surface area contributed by atoms with Gasteiger partial charge >= 0.3 is 0 Å². The molecule has 8 nitrogen and oxygen atoms in total. The summed E-state index contributed by atoms with van der Waals surface area (Å²) >= 11 is 0. The van der Waals surface area contributed by atoms with Crippen LogP contribution in [0.4, 0.5) is 10.1 Å². The van der Waals surface area contributed by atoms with Crippen molar-refractivity contribution in [3.8, 4) is 5.75 Å². The van der Waals surface area contributed by atoms with Crippen LogP contribution >= 0.6 is 0 Å². The first-order chi connectivity index (χ1) is 20.2. The number of methoxy groups -OCH3 is 1. The predicted molar refractivity (Wildman–Crippen MR) is 161 cm³/mol. The fraction of sp³-hybridized carbons (Fsp3) is 0.364. The van der Waals surface area contributed by atoms with Crippen LogP contribution in [0.3, 0.4) is 0 Å². The third-order valence-electron chi connectivity index (χ3n) is 7.61. The lowest BCUT2D eigenvalue weighted by molar-refractivity contribution is -0.119. The van der Waals surface area contributed by atoms with Gasteiger partial charge in [-0.1, -0.05) is 37.3 Å². The van der Waals surface area contributed by atoms with E-state index >= 15 is 0 Å². The Hall–Kier alpha value is -4.24. The van der Waals surface area contributed by atoms with Crippen LogP contribution in [0.2, 0.25) is 0 Å². The second-order valence-corrected chi connectivity index (χ2v) is 10.9. The summed E-state index contributed by atoms with van der Waals surface area (Å²) in [5, 5.41) is 5.85. The summed E-state index contributed by atoms with van der Waals surface area (Å²) in [7, 11) is 1.50. The molecular formula is C33H39FN4O4. The molecule has 3 aromatic rings. The van der Waals surface area contributed by atoms with E-state index in [0.717, 1.165) is 24.8 Å². The Morgan fingerprint density at radius 2 is 1.62 bits per heavy atom. The van der Waals surface area contributed by atoms with Gasteiger partial charge in [-0.25, -0.2) is 4.39 Å². The van der Waals surface area contributed by atoms with Crippen molar-refractivity contribution in [2.24, 2.45) is 11.7 Å². The van der Waals surface area contributed by atoms with Crippen LogP contribution in [0.15, 0.2) is 72.8 Å². The van der Waals surface area contributed by atoms with Gasteiger partial charge in [0.2, 0.25) is 5.91 Å². The molecule has 42 heavy (non-hydrogen) atoms. The highest BCUT2D eigenvalue weighted by atomic mass is 19.1. The molecule has 0 spiro atoms. The number of halogens is 1. The van der Waals surface area contributed by atoms with Gasteiger partial charge in [0.25, 0.3) is 11.8 Å². The number of nitrogens with two attached hydrogens (primary N) is 1. The molecule has 3 aromatic carbocycles.